The van der Waals surface area contributed by atoms with Crippen molar-refractivity contribution >= 4 is 11.9 Å². The van der Waals surface area contributed by atoms with Crippen LogP contribution in [0.25, 0.3) is 0 Å². The van der Waals surface area contributed by atoms with Crippen molar-refractivity contribution in [2.24, 2.45) is 28.3 Å². The van der Waals surface area contributed by atoms with Crippen LogP contribution in [0.1, 0.15) is 64.9 Å². The van der Waals surface area contributed by atoms with Gasteiger partial charge in [0.2, 0.25) is 0 Å². The van der Waals surface area contributed by atoms with Crippen LogP contribution in [0.4, 0.5) is 0 Å². The summed E-state index contributed by atoms with van der Waals surface area (Å²) >= 11 is 0. The second kappa shape index (κ2) is 10.6. The number of carbonyl (C=O) groups is 1. The van der Waals surface area contributed by atoms with Gasteiger partial charge in [0.05, 0.1) is 0 Å². The summed E-state index contributed by atoms with van der Waals surface area (Å²) in [6.45, 7) is 7.46. The molecule has 1 aromatic carbocycles. The number of hydrogen-bond acceptors (Lipinski definition) is 4. The van der Waals surface area contributed by atoms with Gasteiger partial charge in [0.25, 0.3) is 5.91 Å². The number of rotatable bonds is 12. The first kappa shape index (κ1) is 22.4. The number of guanidine groups is 1. The average Bonchev–Trinajstić information content (AvgIpc) is 2.85. The highest BCUT2D eigenvalue weighted by molar-refractivity contribution is 6.06. The van der Waals surface area contributed by atoms with Crippen molar-refractivity contribution in [1.29, 1.82) is 0 Å². The summed E-state index contributed by atoms with van der Waals surface area (Å²) in [6, 6.07) is 10.6. The molecule has 156 valence electrons. The van der Waals surface area contributed by atoms with E-state index in [1.54, 1.807) is 4.90 Å². The molecule has 0 aromatic heterocycles. The highest BCUT2D eigenvalue weighted by Gasteiger charge is 2.43. The van der Waals surface area contributed by atoms with Gasteiger partial charge in [0.1, 0.15) is 5.54 Å². The summed E-state index contributed by atoms with van der Waals surface area (Å²) in [5.41, 5.74) is 12.6. The molecule has 0 saturated heterocycles. The Morgan fingerprint density at radius 2 is 1.82 bits per heavy atom. The van der Waals surface area contributed by atoms with Gasteiger partial charge >= 0.3 is 0 Å². The summed E-state index contributed by atoms with van der Waals surface area (Å²) in [5, 5.41) is 0. The van der Waals surface area contributed by atoms with Crippen LogP contribution in [0.3, 0.4) is 0 Å². The standard InChI is InChI=1S/C23H38N4O/c1-18(2)17-23(3)21(28)27(22(25)26-23)16-14-20(13-15-24)12-8-7-11-19-9-5-4-6-10-19/h4-6,9-10,18,20H,7-8,11-17,24H2,1-3H3,(H2,25,26). The minimum atomic E-state index is -0.697. The minimum Gasteiger partial charge on any atom is -0.369 e. The molecule has 5 nitrogen and oxygen atoms in total. The van der Waals surface area contributed by atoms with E-state index in [9.17, 15) is 4.79 Å². The maximum atomic E-state index is 12.9. The normalized spacial score (nSPS) is 20.7. The number of benzene rings is 1. The predicted molar refractivity (Wildman–Crippen MR) is 117 cm³/mol. The molecular weight excluding hydrogens is 348 g/mol. The smallest absolute Gasteiger partial charge is 0.257 e. The molecule has 1 heterocycles. The third-order valence-corrected chi connectivity index (χ3v) is 5.66. The molecular formula is C23H38N4O. The van der Waals surface area contributed by atoms with E-state index in [1.807, 2.05) is 6.92 Å². The van der Waals surface area contributed by atoms with Crippen molar-refractivity contribution in [3.05, 3.63) is 35.9 Å². The van der Waals surface area contributed by atoms with Crippen LogP contribution >= 0.6 is 0 Å². The van der Waals surface area contributed by atoms with Gasteiger partial charge in [-0.1, -0.05) is 57.0 Å². The van der Waals surface area contributed by atoms with E-state index in [4.69, 9.17) is 11.5 Å². The Labute approximate surface area is 170 Å². The molecule has 1 aliphatic rings. The molecule has 0 saturated carbocycles. The SMILES string of the molecule is CC(C)CC1(C)N=C(N)N(CCC(CCN)CCCCc2ccccc2)C1=O. The Hall–Kier alpha value is -1.88. The lowest BCUT2D eigenvalue weighted by atomic mass is 9.90. The van der Waals surface area contributed by atoms with Crippen LogP contribution in [0.15, 0.2) is 35.3 Å². The van der Waals surface area contributed by atoms with Crippen LogP contribution in [0.5, 0.6) is 0 Å². The number of unbranched alkanes of at least 4 members (excludes halogenated alkanes) is 1. The van der Waals surface area contributed by atoms with E-state index in [1.165, 1.54) is 18.4 Å². The lowest BCUT2D eigenvalue weighted by Crippen LogP contribution is -2.44. The molecule has 0 fully saturated rings. The van der Waals surface area contributed by atoms with Gasteiger partial charge in [-0.15, -0.1) is 0 Å². The summed E-state index contributed by atoms with van der Waals surface area (Å²) in [6.07, 6.45) is 7.29. The topological polar surface area (TPSA) is 84.7 Å². The van der Waals surface area contributed by atoms with E-state index < -0.39 is 5.54 Å². The number of aryl methyl sites for hydroxylation is 1. The van der Waals surface area contributed by atoms with Gasteiger partial charge in [-0.3, -0.25) is 9.69 Å². The van der Waals surface area contributed by atoms with Crippen molar-refractivity contribution < 1.29 is 4.79 Å². The molecule has 0 aliphatic carbocycles. The van der Waals surface area contributed by atoms with Crippen LogP contribution < -0.4 is 11.5 Å². The van der Waals surface area contributed by atoms with Gasteiger partial charge in [-0.25, -0.2) is 4.99 Å². The van der Waals surface area contributed by atoms with E-state index in [2.05, 4.69) is 49.2 Å². The molecule has 2 atom stereocenters. The molecule has 4 N–H and O–H groups in total. The predicted octanol–water partition coefficient (Wildman–Crippen LogP) is 3.72. The molecule has 0 radical (unpaired) electrons. The van der Waals surface area contributed by atoms with Crippen LogP contribution in [-0.2, 0) is 11.2 Å². The number of nitrogens with zero attached hydrogens (tertiary/aromatic N) is 2. The Morgan fingerprint density at radius 1 is 1.11 bits per heavy atom. The fourth-order valence-electron chi connectivity index (χ4n) is 4.29. The molecule has 0 bridgehead atoms. The maximum Gasteiger partial charge on any atom is 0.257 e. The van der Waals surface area contributed by atoms with Crippen molar-refractivity contribution in [2.75, 3.05) is 13.1 Å². The first-order valence-electron chi connectivity index (χ1n) is 10.8. The largest absolute Gasteiger partial charge is 0.369 e. The minimum absolute atomic E-state index is 0.0503. The monoisotopic (exact) mass is 386 g/mol. The first-order chi connectivity index (χ1) is 13.4. The Bertz CT molecular complexity index is 643. The Balaban J connectivity index is 1.80. The second-order valence-electron chi connectivity index (χ2n) is 8.76. The maximum absolute atomic E-state index is 12.9. The van der Waals surface area contributed by atoms with E-state index >= 15 is 0 Å². The zero-order valence-electron chi connectivity index (χ0n) is 17.9. The number of nitrogens with two attached hydrogens (primary N) is 2. The third-order valence-electron chi connectivity index (χ3n) is 5.66. The van der Waals surface area contributed by atoms with Crippen LogP contribution in [0, 0.1) is 11.8 Å². The first-order valence-corrected chi connectivity index (χ1v) is 10.8. The molecule has 5 heteroatoms. The summed E-state index contributed by atoms with van der Waals surface area (Å²) in [5.74, 6) is 1.36. The van der Waals surface area contributed by atoms with Gasteiger partial charge in [0, 0.05) is 6.54 Å². The Kier molecular flexibility index (Phi) is 8.49. The zero-order valence-corrected chi connectivity index (χ0v) is 17.9. The average molecular weight is 387 g/mol. The third kappa shape index (κ3) is 6.33. The summed E-state index contributed by atoms with van der Waals surface area (Å²) in [4.78, 5) is 19.1. The Morgan fingerprint density at radius 3 is 2.46 bits per heavy atom. The molecule has 0 spiro atoms. The lowest BCUT2D eigenvalue weighted by molar-refractivity contribution is -0.131. The van der Waals surface area contributed by atoms with E-state index in [0.717, 1.165) is 32.1 Å². The quantitative estimate of drug-likeness (QED) is 0.537. The van der Waals surface area contributed by atoms with E-state index in [0.29, 0.717) is 30.9 Å². The van der Waals surface area contributed by atoms with Gasteiger partial charge in [-0.05, 0) is 63.0 Å². The van der Waals surface area contributed by atoms with E-state index in [-0.39, 0.29) is 5.91 Å². The second-order valence-corrected chi connectivity index (χ2v) is 8.76. The highest BCUT2D eigenvalue weighted by atomic mass is 16.2. The van der Waals surface area contributed by atoms with Gasteiger partial charge < -0.3 is 11.5 Å². The summed E-state index contributed by atoms with van der Waals surface area (Å²) < 4.78 is 0. The molecule has 28 heavy (non-hydrogen) atoms. The molecule has 1 amide bonds. The highest BCUT2D eigenvalue weighted by Crippen LogP contribution is 2.29. The summed E-state index contributed by atoms with van der Waals surface area (Å²) in [7, 11) is 0. The van der Waals surface area contributed by atoms with Crippen molar-refractivity contribution in [1.82, 2.24) is 4.90 Å². The van der Waals surface area contributed by atoms with Crippen LogP contribution in [-0.4, -0.2) is 35.4 Å². The van der Waals surface area contributed by atoms with Crippen molar-refractivity contribution in [3.8, 4) is 0 Å². The number of carbonyl (C=O) groups excluding carboxylic acids is 1. The molecule has 1 aromatic rings. The molecule has 1 aliphatic heterocycles. The van der Waals surface area contributed by atoms with Gasteiger partial charge in [0.15, 0.2) is 5.96 Å². The van der Waals surface area contributed by atoms with Gasteiger partial charge in [-0.2, -0.15) is 0 Å². The number of aliphatic imine (C=N–C) groups is 1. The number of hydrogen-bond donors (Lipinski definition) is 2. The zero-order chi connectivity index (χ0) is 20.6. The number of amides is 1. The molecule has 2 unspecified atom stereocenters. The fraction of sp³-hybridized carbons (Fsp3) is 0.652. The van der Waals surface area contributed by atoms with Crippen LogP contribution in [0.2, 0.25) is 0 Å². The van der Waals surface area contributed by atoms with Crippen molar-refractivity contribution in [2.45, 2.75) is 71.3 Å². The van der Waals surface area contributed by atoms with Crippen molar-refractivity contribution in [3.63, 3.8) is 0 Å². The molecule has 2 rings (SSSR count). The lowest BCUT2D eigenvalue weighted by Gasteiger charge is -2.25. The fourth-order valence-corrected chi connectivity index (χ4v) is 4.29.